The highest BCUT2D eigenvalue weighted by Crippen LogP contribution is 2.50. The van der Waals surface area contributed by atoms with Crippen LogP contribution in [0.5, 0.6) is 0 Å². The minimum Gasteiger partial charge on any atom is -0.465 e. The molecular formula is C23H23NO4. The number of fused-ring (bicyclic) bond motifs is 3. The van der Waals surface area contributed by atoms with Crippen molar-refractivity contribution in [3.05, 3.63) is 76.9 Å². The Bertz CT molecular complexity index is 932. The molecule has 0 radical (unpaired) electrons. The summed E-state index contributed by atoms with van der Waals surface area (Å²) >= 11 is 0. The van der Waals surface area contributed by atoms with E-state index in [0.29, 0.717) is 23.7 Å². The average molecular weight is 377 g/mol. The van der Waals surface area contributed by atoms with Crippen LogP contribution in [0, 0.1) is 5.92 Å². The molecule has 2 aromatic rings. The summed E-state index contributed by atoms with van der Waals surface area (Å²) < 4.78 is 10.0. The topological polar surface area (TPSA) is 64.6 Å². The van der Waals surface area contributed by atoms with E-state index < -0.39 is 0 Å². The van der Waals surface area contributed by atoms with Crippen molar-refractivity contribution in [1.29, 1.82) is 0 Å². The SMILES string of the molecule is CCOC(=O)c1cccc2c1NC(c1ccc(C(=O)OC)cc1)C1CC=CC21. The van der Waals surface area contributed by atoms with Gasteiger partial charge in [-0.15, -0.1) is 0 Å². The first-order chi connectivity index (χ1) is 13.6. The van der Waals surface area contributed by atoms with E-state index in [4.69, 9.17) is 9.47 Å². The smallest absolute Gasteiger partial charge is 0.340 e. The second-order valence-electron chi connectivity index (χ2n) is 7.08. The molecule has 0 saturated heterocycles. The lowest BCUT2D eigenvalue weighted by molar-refractivity contribution is 0.0526. The minimum absolute atomic E-state index is 0.0368. The summed E-state index contributed by atoms with van der Waals surface area (Å²) in [5.41, 5.74) is 4.14. The van der Waals surface area contributed by atoms with Crippen molar-refractivity contribution in [1.82, 2.24) is 0 Å². The number of allylic oxidation sites excluding steroid dienone is 2. The normalized spacial score (nSPS) is 22.0. The van der Waals surface area contributed by atoms with Crippen LogP contribution in [0.25, 0.3) is 0 Å². The van der Waals surface area contributed by atoms with E-state index in [-0.39, 0.29) is 23.9 Å². The predicted molar refractivity (Wildman–Crippen MR) is 107 cm³/mol. The number of esters is 2. The summed E-state index contributed by atoms with van der Waals surface area (Å²) in [6.45, 7) is 2.15. The maximum atomic E-state index is 12.5. The van der Waals surface area contributed by atoms with Crippen LogP contribution in [0.3, 0.4) is 0 Å². The zero-order chi connectivity index (χ0) is 19.7. The summed E-state index contributed by atoms with van der Waals surface area (Å²) in [6, 6.07) is 13.3. The van der Waals surface area contributed by atoms with Gasteiger partial charge in [0.15, 0.2) is 0 Å². The molecule has 1 aliphatic heterocycles. The molecule has 28 heavy (non-hydrogen) atoms. The summed E-state index contributed by atoms with van der Waals surface area (Å²) in [6.07, 6.45) is 5.40. The fourth-order valence-electron chi connectivity index (χ4n) is 4.27. The maximum Gasteiger partial charge on any atom is 0.340 e. The molecule has 1 N–H and O–H groups in total. The summed E-state index contributed by atoms with van der Waals surface area (Å²) in [7, 11) is 1.38. The van der Waals surface area contributed by atoms with Crippen molar-refractivity contribution in [3.63, 3.8) is 0 Å². The van der Waals surface area contributed by atoms with Crippen molar-refractivity contribution in [2.45, 2.75) is 25.3 Å². The Morgan fingerprint density at radius 2 is 1.89 bits per heavy atom. The molecule has 0 bridgehead atoms. The fourth-order valence-corrected chi connectivity index (χ4v) is 4.27. The number of anilines is 1. The molecule has 144 valence electrons. The van der Waals surface area contributed by atoms with Crippen molar-refractivity contribution in [3.8, 4) is 0 Å². The third kappa shape index (κ3) is 3.07. The maximum absolute atomic E-state index is 12.5. The number of para-hydroxylation sites is 1. The Kier molecular flexibility index (Phi) is 4.90. The van der Waals surface area contributed by atoms with E-state index in [1.165, 1.54) is 7.11 Å². The number of hydrogen-bond acceptors (Lipinski definition) is 5. The number of carbonyl (C=O) groups excluding carboxylic acids is 2. The van der Waals surface area contributed by atoms with Gasteiger partial charge in [-0.05, 0) is 48.6 Å². The van der Waals surface area contributed by atoms with Gasteiger partial charge in [0.05, 0.1) is 36.6 Å². The molecule has 1 aliphatic carbocycles. The van der Waals surface area contributed by atoms with E-state index in [1.54, 1.807) is 18.2 Å². The first-order valence-corrected chi connectivity index (χ1v) is 9.55. The lowest BCUT2D eigenvalue weighted by atomic mass is 9.76. The molecule has 4 rings (SSSR count). The van der Waals surface area contributed by atoms with Crippen molar-refractivity contribution >= 4 is 17.6 Å². The second-order valence-corrected chi connectivity index (χ2v) is 7.08. The number of ether oxygens (including phenoxy) is 2. The average Bonchev–Trinajstić information content (AvgIpc) is 3.22. The summed E-state index contributed by atoms with van der Waals surface area (Å²) in [4.78, 5) is 24.2. The van der Waals surface area contributed by atoms with E-state index in [9.17, 15) is 9.59 Å². The minimum atomic E-state index is -0.349. The van der Waals surface area contributed by atoms with Crippen LogP contribution < -0.4 is 5.32 Å². The molecule has 3 atom stereocenters. The van der Waals surface area contributed by atoms with Crippen LogP contribution in [0.1, 0.15) is 57.1 Å². The van der Waals surface area contributed by atoms with Crippen molar-refractivity contribution < 1.29 is 19.1 Å². The monoisotopic (exact) mass is 377 g/mol. The van der Waals surface area contributed by atoms with Gasteiger partial charge in [0, 0.05) is 5.92 Å². The Morgan fingerprint density at radius 1 is 1.11 bits per heavy atom. The highest BCUT2D eigenvalue weighted by atomic mass is 16.5. The van der Waals surface area contributed by atoms with Crippen LogP contribution in [-0.2, 0) is 9.47 Å². The van der Waals surface area contributed by atoms with Gasteiger partial charge in [0.2, 0.25) is 0 Å². The molecule has 5 nitrogen and oxygen atoms in total. The Labute approximate surface area is 164 Å². The van der Waals surface area contributed by atoms with E-state index in [1.807, 2.05) is 25.1 Å². The second kappa shape index (κ2) is 7.50. The molecule has 0 saturated carbocycles. The van der Waals surface area contributed by atoms with Crippen LogP contribution >= 0.6 is 0 Å². The molecule has 5 heteroatoms. The molecule has 3 unspecified atom stereocenters. The van der Waals surface area contributed by atoms with Crippen LogP contribution in [-0.4, -0.2) is 25.7 Å². The summed E-state index contributed by atoms with van der Waals surface area (Å²) in [5, 5.41) is 3.60. The standard InChI is InChI=1S/C23H23NO4/c1-3-28-23(26)19-9-5-8-18-16-6-4-7-17(16)20(24-21(18)19)14-10-12-15(13-11-14)22(25)27-2/h4-6,8-13,16-17,20,24H,3,7H2,1-2H3. The van der Waals surface area contributed by atoms with Crippen molar-refractivity contribution in [2.24, 2.45) is 5.92 Å². The largest absolute Gasteiger partial charge is 0.465 e. The molecule has 0 aromatic heterocycles. The van der Waals surface area contributed by atoms with Crippen LogP contribution in [0.4, 0.5) is 5.69 Å². The Morgan fingerprint density at radius 3 is 2.61 bits per heavy atom. The van der Waals surface area contributed by atoms with Gasteiger partial charge in [-0.1, -0.05) is 36.4 Å². The number of benzene rings is 2. The van der Waals surface area contributed by atoms with Gasteiger partial charge in [0.25, 0.3) is 0 Å². The zero-order valence-electron chi connectivity index (χ0n) is 16.0. The molecule has 0 amide bonds. The first-order valence-electron chi connectivity index (χ1n) is 9.55. The third-order valence-electron chi connectivity index (χ3n) is 5.58. The van der Waals surface area contributed by atoms with E-state index in [0.717, 1.165) is 23.2 Å². The molecule has 1 heterocycles. The highest BCUT2D eigenvalue weighted by Gasteiger charge is 2.39. The Balaban J connectivity index is 1.73. The lowest BCUT2D eigenvalue weighted by Crippen LogP contribution is -2.30. The number of rotatable bonds is 4. The lowest BCUT2D eigenvalue weighted by Gasteiger charge is -2.38. The number of nitrogens with one attached hydrogen (secondary N) is 1. The van der Waals surface area contributed by atoms with E-state index >= 15 is 0 Å². The molecule has 2 aromatic carbocycles. The molecule has 0 fully saturated rings. The quantitative estimate of drug-likeness (QED) is 0.629. The number of carbonyl (C=O) groups is 2. The third-order valence-corrected chi connectivity index (χ3v) is 5.58. The van der Waals surface area contributed by atoms with Gasteiger partial charge in [-0.3, -0.25) is 0 Å². The first kappa shape index (κ1) is 18.3. The van der Waals surface area contributed by atoms with Gasteiger partial charge in [-0.25, -0.2) is 9.59 Å². The van der Waals surface area contributed by atoms with Crippen LogP contribution in [0.15, 0.2) is 54.6 Å². The highest BCUT2D eigenvalue weighted by molar-refractivity contribution is 5.97. The number of methoxy groups -OCH3 is 1. The van der Waals surface area contributed by atoms with Gasteiger partial charge in [-0.2, -0.15) is 0 Å². The Hall–Kier alpha value is -3.08. The molecular weight excluding hydrogens is 354 g/mol. The van der Waals surface area contributed by atoms with Gasteiger partial charge in [0.1, 0.15) is 0 Å². The van der Waals surface area contributed by atoms with Gasteiger partial charge < -0.3 is 14.8 Å². The van der Waals surface area contributed by atoms with Gasteiger partial charge >= 0.3 is 11.9 Å². The van der Waals surface area contributed by atoms with Crippen LogP contribution in [0.2, 0.25) is 0 Å². The summed E-state index contributed by atoms with van der Waals surface area (Å²) in [5.74, 6) is -0.0598. The molecule has 0 spiro atoms. The predicted octanol–water partition coefficient (Wildman–Crippen LogP) is 4.48. The fraction of sp³-hybridized carbons (Fsp3) is 0.304. The zero-order valence-corrected chi connectivity index (χ0v) is 16.0. The molecule has 2 aliphatic rings. The number of hydrogen-bond donors (Lipinski definition) is 1. The van der Waals surface area contributed by atoms with E-state index in [2.05, 4.69) is 23.5 Å². The van der Waals surface area contributed by atoms with Crippen molar-refractivity contribution in [2.75, 3.05) is 19.0 Å².